The third-order valence-electron chi connectivity index (χ3n) is 0.990. The molecule has 64 valence electrons. The van der Waals surface area contributed by atoms with Gasteiger partial charge in [0.15, 0.2) is 0 Å². The average Bonchev–Trinajstić information content (AvgIpc) is 1.82. The van der Waals surface area contributed by atoms with Gasteiger partial charge >= 0.3 is 0 Å². The lowest BCUT2D eigenvalue weighted by Gasteiger charge is -1.99. The monoisotopic (exact) mass is 288 g/mol. The molecule has 0 fully saturated rings. The highest BCUT2D eigenvalue weighted by molar-refractivity contribution is 9.18. The summed E-state index contributed by atoms with van der Waals surface area (Å²) in [6.45, 7) is 0. The Morgan fingerprint density at radius 2 is 1.58 bits per heavy atom. The fourth-order valence-electron chi connectivity index (χ4n) is 0.546. The summed E-state index contributed by atoms with van der Waals surface area (Å²) in [7, 11) is 0. The minimum Gasteiger partial charge on any atom is -0.281 e. The molecule has 0 aliphatic rings. The smallest absolute Gasteiger partial charge is 0.234 e. The molecule has 0 aromatic carbocycles. The topological polar surface area (TPSA) is 42.9 Å². The van der Waals surface area contributed by atoms with Gasteiger partial charge in [-0.05, 0) is 27.5 Å². The minimum atomic E-state index is -0.478. The van der Waals surface area contributed by atoms with E-state index in [-0.39, 0.29) is 21.2 Å². The normalized spacial score (nSPS) is 10.0. The van der Waals surface area contributed by atoms with E-state index in [9.17, 15) is 4.79 Å². The van der Waals surface area contributed by atoms with E-state index in [0.717, 1.165) is 0 Å². The first-order valence-corrected chi connectivity index (χ1v) is 4.53. The van der Waals surface area contributed by atoms with E-state index in [2.05, 4.69) is 25.9 Å². The highest BCUT2D eigenvalue weighted by Crippen LogP contribution is 2.24. The minimum absolute atomic E-state index is 0.0164. The molecule has 0 saturated heterocycles. The Morgan fingerprint density at radius 1 is 1.17 bits per heavy atom. The Bertz CT molecular complexity index is 320. The highest BCUT2D eigenvalue weighted by Gasteiger charge is 2.15. The van der Waals surface area contributed by atoms with Crippen molar-refractivity contribution in [3.63, 3.8) is 0 Å². The average molecular weight is 290 g/mol. The van der Waals surface area contributed by atoms with Crippen LogP contribution in [0.4, 0.5) is 0 Å². The van der Waals surface area contributed by atoms with E-state index in [1.54, 1.807) is 0 Å². The molecule has 0 amide bonds. The Morgan fingerprint density at radius 3 is 1.92 bits per heavy atom. The number of hydrogen-bond acceptors (Lipinski definition) is 3. The largest absolute Gasteiger partial charge is 0.281 e. The summed E-state index contributed by atoms with van der Waals surface area (Å²) in [5.41, 5.74) is 0.0164. The molecule has 0 aliphatic heterocycles. The van der Waals surface area contributed by atoms with Crippen LogP contribution in [0.25, 0.3) is 0 Å². The maximum Gasteiger partial charge on any atom is 0.234 e. The van der Waals surface area contributed by atoms with Crippen molar-refractivity contribution in [1.82, 2.24) is 9.97 Å². The van der Waals surface area contributed by atoms with E-state index >= 15 is 0 Å². The van der Waals surface area contributed by atoms with E-state index in [1.807, 2.05) is 0 Å². The van der Waals surface area contributed by atoms with Gasteiger partial charge in [0.2, 0.25) is 9.98 Å². The van der Waals surface area contributed by atoms with Crippen LogP contribution in [0, 0.1) is 0 Å². The van der Waals surface area contributed by atoms with E-state index in [4.69, 9.17) is 34.8 Å². The van der Waals surface area contributed by atoms with Crippen LogP contribution < -0.4 is 0 Å². The zero-order chi connectivity index (χ0) is 9.30. The molecule has 0 saturated carbocycles. The quantitative estimate of drug-likeness (QED) is 0.454. The number of carbonyl (C=O) groups is 1. The molecule has 0 bridgehead atoms. The number of nitrogens with zero attached hydrogens (tertiary/aromatic N) is 2. The van der Waals surface area contributed by atoms with Gasteiger partial charge in [0.25, 0.3) is 0 Å². The van der Waals surface area contributed by atoms with Gasteiger partial charge in [-0.2, -0.15) is 0 Å². The molecule has 0 spiro atoms. The molecule has 0 atom stereocenters. The fourth-order valence-corrected chi connectivity index (χ4v) is 1.96. The number of halogens is 4. The molecule has 1 aromatic rings. The molecule has 0 aliphatic carbocycles. The molecule has 1 aromatic heterocycles. The molecular weight excluding hydrogens is 290 g/mol. The van der Waals surface area contributed by atoms with Gasteiger partial charge in [0.1, 0.15) is 15.9 Å². The molecule has 0 unspecified atom stereocenters. The first-order valence-electron chi connectivity index (χ1n) is 2.60. The summed E-state index contributed by atoms with van der Waals surface area (Å²) >= 11 is 19.2. The van der Waals surface area contributed by atoms with Crippen molar-refractivity contribution in [2.75, 3.05) is 0 Å². The first kappa shape index (κ1) is 10.2. The lowest BCUT2D eigenvalue weighted by atomic mass is 10.4. The SMILES string of the molecule is O=C(Br)c1c(Cl)nc(Cl)nc1Cl. The Labute approximate surface area is 91.2 Å². The molecule has 1 heterocycles. The van der Waals surface area contributed by atoms with Gasteiger partial charge in [-0.15, -0.1) is 0 Å². The van der Waals surface area contributed by atoms with Crippen LogP contribution in [-0.4, -0.2) is 14.7 Å². The molecule has 0 radical (unpaired) electrons. The van der Waals surface area contributed by atoms with E-state index < -0.39 is 4.69 Å². The van der Waals surface area contributed by atoms with Crippen LogP contribution in [0.3, 0.4) is 0 Å². The van der Waals surface area contributed by atoms with Gasteiger partial charge in [0.05, 0.1) is 0 Å². The summed E-state index contributed by atoms with van der Waals surface area (Å²) in [5, 5.41) is -0.230. The predicted octanol–water partition coefficient (Wildman–Crippen LogP) is 2.97. The van der Waals surface area contributed by atoms with Crippen molar-refractivity contribution in [1.29, 1.82) is 0 Å². The number of rotatable bonds is 1. The Kier molecular flexibility index (Phi) is 3.29. The number of hydrogen-bond donors (Lipinski definition) is 0. The van der Waals surface area contributed by atoms with Crippen LogP contribution >= 0.6 is 50.7 Å². The summed E-state index contributed by atoms with van der Waals surface area (Å²) in [5.74, 6) is 0. The second-order valence-corrected chi connectivity index (χ2v) is 3.50. The van der Waals surface area contributed by atoms with Gasteiger partial charge < -0.3 is 0 Å². The fraction of sp³-hybridized carbons (Fsp3) is 0. The third kappa shape index (κ3) is 2.07. The van der Waals surface area contributed by atoms with Crippen molar-refractivity contribution in [3.05, 3.63) is 21.2 Å². The maximum atomic E-state index is 10.8. The number of carbonyl (C=O) groups excluding carboxylic acids is 1. The highest BCUT2D eigenvalue weighted by atomic mass is 79.9. The van der Waals surface area contributed by atoms with Crippen molar-refractivity contribution in [3.8, 4) is 0 Å². The van der Waals surface area contributed by atoms with Gasteiger partial charge in [-0.3, -0.25) is 4.79 Å². The molecule has 12 heavy (non-hydrogen) atoms. The van der Waals surface area contributed by atoms with Crippen LogP contribution in [0.5, 0.6) is 0 Å². The summed E-state index contributed by atoms with van der Waals surface area (Å²) in [6, 6.07) is 0. The van der Waals surface area contributed by atoms with Crippen LogP contribution in [0.15, 0.2) is 0 Å². The Hall–Kier alpha value is 0.1000. The summed E-state index contributed by atoms with van der Waals surface area (Å²) in [6.07, 6.45) is 0. The van der Waals surface area contributed by atoms with Gasteiger partial charge in [-0.1, -0.05) is 23.2 Å². The van der Waals surface area contributed by atoms with Gasteiger partial charge in [0, 0.05) is 0 Å². The zero-order valence-electron chi connectivity index (χ0n) is 5.31. The van der Waals surface area contributed by atoms with Gasteiger partial charge in [-0.25, -0.2) is 9.97 Å². The van der Waals surface area contributed by atoms with E-state index in [0.29, 0.717) is 0 Å². The maximum absolute atomic E-state index is 10.8. The number of aromatic nitrogens is 2. The van der Waals surface area contributed by atoms with Crippen molar-refractivity contribution < 1.29 is 4.79 Å². The van der Waals surface area contributed by atoms with E-state index in [1.165, 1.54) is 0 Å². The molecule has 0 N–H and O–H groups in total. The molecule has 7 heteroatoms. The molecule has 1 rings (SSSR count). The predicted molar refractivity (Wildman–Crippen MR) is 50.3 cm³/mol. The van der Waals surface area contributed by atoms with Crippen molar-refractivity contribution >= 4 is 55.4 Å². The van der Waals surface area contributed by atoms with Crippen LogP contribution in [0.2, 0.25) is 15.6 Å². The second-order valence-electron chi connectivity index (χ2n) is 1.72. The van der Waals surface area contributed by atoms with Crippen molar-refractivity contribution in [2.45, 2.75) is 0 Å². The lowest BCUT2D eigenvalue weighted by Crippen LogP contribution is -1.97. The summed E-state index contributed by atoms with van der Waals surface area (Å²) in [4.78, 5) is 17.9. The molecular formula is C5BrCl3N2O. The first-order chi connectivity index (χ1) is 5.52. The lowest BCUT2D eigenvalue weighted by molar-refractivity contribution is 0.109. The molecule has 3 nitrogen and oxygen atoms in total. The Balaban J connectivity index is 3.38. The zero-order valence-corrected chi connectivity index (χ0v) is 9.17. The second kappa shape index (κ2) is 3.87. The third-order valence-corrected chi connectivity index (χ3v) is 2.10. The van der Waals surface area contributed by atoms with Crippen molar-refractivity contribution in [2.24, 2.45) is 0 Å². The van der Waals surface area contributed by atoms with Crippen LogP contribution in [0.1, 0.15) is 10.4 Å². The van der Waals surface area contributed by atoms with Crippen LogP contribution in [-0.2, 0) is 0 Å². The summed E-state index contributed by atoms with van der Waals surface area (Å²) < 4.78 is -0.478. The standard InChI is InChI=1S/C5BrCl3N2O/c6-2(12)1-3(7)10-5(9)11-4(1)8.